The minimum atomic E-state index is -0.456. The molecule has 0 atom stereocenters. The van der Waals surface area contributed by atoms with Crippen molar-refractivity contribution >= 4 is 0 Å². The van der Waals surface area contributed by atoms with Gasteiger partial charge in [-0.3, -0.25) is 4.98 Å². The summed E-state index contributed by atoms with van der Waals surface area (Å²) in [7, 11) is 5.10. The van der Waals surface area contributed by atoms with Crippen LogP contribution in [-0.4, -0.2) is 28.8 Å². The molecule has 5 heteroatoms. The molecule has 2 rings (SSSR count). The molecule has 0 aliphatic rings. The van der Waals surface area contributed by atoms with Crippen LogP contribution in [0.5, 0.6) is 0 Å². The molecule has 2 aromatic heterocycles. The molecule has 0 spiro atoms. The second kappa shape index (κ2) is 5.29. The molecule has 0 N–H and O–H groups in total. The highest BCUT2D eigenvalue weighted by molar-refractivity contribution is 5.57. The standard InChI is InChI=1S/C13H17N3O2/c1-9-5-6-10(7-14-9)11-8-16(2)12(15-11)13(17-3)18-4/h5-8,13H,1-4H3. The molecule has 5 nitrogen and oxygen atoms in total. The first-order chi connectivity index (χ1) is 8.65. The Hall–Kier alpha value is -1.72. The lowest BCUT2D eigenvalue weighted by atomic mass is 10.2. The molecule has 96 valence electrons. The molecule has 2 heterocycles. The minimum absolute atomic E-state index is 0.456. The second-order valence-corrected chi connectivity index (χ2v) is 4.09. The van der Waals surface area contributed by atoms with Crippen molar-refractivity contribution in [2.24, 2.45) is 7.05 Å². The van der Waals surface area contributed by atoms with Gasteiger partial charge in [0.1, 0.15) is 0 Å². The minimum Gasteiger partial charge on any atom is -0.349 e. The highest BCUT2D eigenvalue weighted by atomic mass is 16.7. The maximum atomic E-state index is 5.21. The van der Waals surface area contributed by atoms with Crippen LogP contribution < -0.4 is 0 Å². The number of methoxy groups -OCH3 is 2. The second-order valence-electron chi connectivity index (χ2n) is 4.09. The zero-order chi connectivity index (χ0) is 13.1. The van der Waals surface area contributed by atoms with Crippen LogP contribution in [0, 0.1) is 6.92 Å². The Balaban J connectivity index is 2.36. The van der Waals surface area contributed by atoms with Crippen molar-refractivity contribution in [3.63, 3.8) is 0 Å². The number of imidazole rings is 1. The van der Waals surface area contributed by atoms with E-state index in [4.69, 9.17) is 9.47 Å². The van der Waals surface area contributed by atoms with Crippen LogP contribution in [0.2, 0.25) is 0 Å². The molecule has 0 saturated carbocycles. The van der Waals surface area contributed by atoms with Crippen LogP contribution in [0.1, 0.15) is 17.8 Å². The molecule has 0 fully saturated rings. The quantitative estimate of drug-likeness (QED) is 0.776. The lowest BCUT2D eigenvalue weighted by Crippen LogP contribution is -2.09. The third kappa shape index (κ3) is 2.42. The lowest BCUT2D eigenvalue weighted by molar-refractivity contribution is -0.112. The number of ether oxygens (including phenoxy) is 2. The van der Waals surface area contributed by atoms with E-state index in [1.165, 1.54) is 0 Å². The molecule has 0 radical (unpaired) electrons. The Morgan fingerprint density at radius 1 is 1.22 bits per heavy atom. The fourth-order valence-corrected chi connectivity index (χ4v) is 1.77. The molecule has 18 heavy (non-hydrogen) atoms. The van der Waals surface area contributed by atoms with E-state index >= 15 is 0 Å². The Kier molecular flexibility index (Phi) is 3.74. The zero-order valence-corrected chi connectivity index (χ0v) is 11.0. The monoisotopic (exact) mass is 247 g/mol. The van der Waals surface area contributed by atoms with E-state index in [9.17, 15) is 0 Å². The summed E-state index contributed by atoms with van der Waals surface area (Å²) < 4.78 is 12.3. The number of aromatic nitrogens is 3. The summed E-state index contributed by atoms with van der Waals surface area (Å²) in [5.74, 6) is 0.732. The van der Waals surface area contributed by atoms with E-state index in [1.54, 1.807) is 14.2 Å². The molecule has 0 aliphatic carbocycles. The van der Waals surface area contributed by atoms with E-state index < -0.39 is 6.29 Å². The number of nitrogens with zero attached hydrogens (tertiary/aromatic N) is 3. The van der Waals surface area contributed by atoms with Crippen molar-refractivity contribution < 1.29 is 9.47 Å². The summed E-state index contributed by atoms with van der Waals surface area (Å²) in [4.78, 5) is 8.79. The van der Waals surface area contributed by atoms with E-state index in [-0.39, 0.29) is 0 Å². The third-order valence-electron chi connectivity index (χ3n) is 2.76. The largest absolute Gasteiger partial charge is 0.349 e. The fourth-order valence-electron chi connectivity index (χ4n) is 1.77. The first-order valence-electron chi connectivity index (χ1n) is 5.67. The smallest absolute Gasteiger partial charge is 0.216 e. The average Bonchev–Trinajstić information content (AvgIpc) is 2.74. The van der Waals surface area contributed by atoms with Gasteiger partial charge in [-0.25, -0.2) is 4.98 Å². The van der Waals surface area contributed by atoms with Crippen molar-refractivity contribution in [1.82, 2.24) is 14.5 Å². The summed E-state index contributed by atoms with van der Waals surface area (Å²) >= 11 is 0. The Bertz CT molecular complexity index is 516. The van der Waals surface area contributed by atoms with Gasteiger partial charge in [0.2, 0.25) is 6.29 Å². The van der Waals surface area contributed by atoms with Crippen LogP contribution >= 0.6 is 0 Å². The van der Waals surface area contributed by atoms with Gasteiger partial charge in [-0.2, -0.15) is 0 Å². The molecule has 0 amide bonds. The van der Waals surface area contributed by atoms with Crippen molar-refractivity contribution in [2.75, 3.05) is 14.2 Å². The highest BCUT2D eigenvalue weighted by Crippen LogP contribution is 2.22. The summed E-state index contributed by atoms with van der Waals surface area (Å²) in [5, 5.41) is 0. The summed E-state index contributed by atoms with van der Waals surface area (Å²) in [6.07, 6.45) is 3.30. The van der Waals surface area contributed by atoms with Gasteiger partial charge >= 0.3 is 0 Å². The first-order valence-corrected chi connectivity index (χ1v) is 5.67. The molecule has 0 aromatic carbocycles. The average molecular weight is 247 g/mol. The summed E-state index contributed by atoms with van der Waals surface area (Å²) in [6.45, 7) is 1.96. The van der Waals surface area contributed by atoms with E-state index in [1.807, 2.05) is 43.1 Å². The Labute approximate surface area is 106 Å². The summed E-state index contributed by atoms with van der Waals surface area (Å²) in [6, 6.07) is 3.97. The van der Waals surface area contributed by atoms with Gasteiger partial charge in [0, 0.05) is 44.9 Å². The van der Waals surface area contributed by atoms with Crippen LogP contribution in [0.4, 0.5) is 0 Å². The molecule has 0 aliphatic heterocycles. The normalized spacial score (nSPS) is 11.2. The fraction of sp³-hybridized carbons (Fsp3) is 0.385. The number of aryl methyl sites for hydroxylation is 2. The van der Waals surface area contributed by atoms with Crippen molar-refractivity contribution in [2.45, 2.75) is 13.2 Å². The number of hydrogen-bond acceptors (Lipinski definition) is 4. The van der Waals surface area contributed by atoms with E-state index in [0.717, 1.165) is 22.8 Å². The summed E-state index contributed by atoms with van der Waals surface area (Å²) in [5.41, 5.74) is 2.83. The zero-order valence-electron chi connectivity index (χ0n) is 11.0. The van der Waals surface area contributed by atoms with Gasteiger partial charge in [-0.05, 0) is 19.1 Å². The van der Waals surface area contributed by atoms with Gasteiger partial charge in [0.15, 0.2) is 5.82 Å². The maximum Gasteiger partial charge on any atom is 0.216 e. The van der Waals surface area contributed by atoms with Crippen molar-refractivity contribution in [1.29, 1.82) is 0 Å². The molecular weight excluding hydrogens is 230 g/mol. The number of hydrogen-bond donors (Lipinski definition) is 0. The van der Waals surface area contributed by atoms with E-state index in [2.05, 4.69) is 9.97 Å². The van der Waals surface area contributed by atoms with Gasteiger partial charge in [-0.15, -0.1) is 0 Å². The van der Waals surface area contributed by atoms with Crippen LogP contribution in [0.15, 0.2) is 24.5 Å². The predicted molar refractivity (Wildman–Crippen MR) is 67.9 cm³/mol. The molecule has 0 unspecified atom stereocenters. The molecular formula is C13H17N3O2. The lowest BCUT2D eigenvalue weighted by Gasteiger charge is -2.12. The van der Waals surface area contributed by atoms with Crippen molar-refractivity contribution in [3.8, 4) is 11.3 Å². The van der Waals surface area contributed by atoms with Gasteiger partial charge in [0.25, 0.3) is 0 Å². The predicted octanol–water partition coefficient (Wildman–Crippen LogP) is 2.08. The van der Waals surface area contributed by atoms with Gasteiger partial charge in [-0.1, -0.05) is 0 Å². The number of pyridine rings is 1. The van der Waals surface area contributed by atoms with Crippen LogP contribution in [0.25, 0.3) is 11.3 Å². The van der Waals surface area contributed by atoms with Crippen molar-refractivity contribution in [3.05, 3.63) is 36.0 Å². The number of rotatable bonds is 4. The Morgan fingerprint density at radius 3 is 2.50 bits per heavy atom. The third-order valence-corrected chi connectivity index (χ3v) is 2.76. The van der Waals surface area contributed by atoms with Crippen LogP contribution in [0.3, 0.4) is 0 Å². The topological polar surface area (TPSA) is 49.2 Å². The molecule has 2 aromatic rings. The Morgan fingerprint density at radius 2 is 1.94 bits per heavy atom. The SMILES string of the molecule is COC(OC)c1nc(-c2ccc(C)nc2)cn1C. The maximum absolute atomic E-state index is 5.21. The molecule has 0 bridgehead atoms. The van der Waals surface area contributed by atoms with E-state index in [0.29, 0.717) is 0 Å². The van der Waals surface area contributed by atoms with Gasteiger partial charge in [0.05, 0.1) is 5.69 Å². The van der Waals surface area contributed by atoms with Crippen LogP contribution in [-0.2, 0) is 16.5 Å². The first kappa shape index (κ1) is 12.7. The van der Waals surface area contributed by atoms with Gasteiger partial charge < -0.3 is 14.0 Å². The highest BCUT2D eigenvalue weighted by Gasteiger charge is 2.16. The molecule has 0 saturated heterocycles.